The van der Waals surface area contributed by atoms with E-state index in [1.807, 2.05) is 0 Å². The van der Waals surface area contributed by atoms with E-state index >= 15 is 0 Å². The molecule has 0 amide bonds. The van der Waals surface area contributed by atoms with E-state index in [1.165, 1.54) is 0 Å². The van der Waals surface area contributed by atoms with Gasteiger partial charge >= 0.3 is 15.1 Å². The maximum atomic E-state index is 11.2. The molecule has 1 aliphatic heterocycles. The van der Waals surface area contributed by atoms with Crippen molar-refractivity contribution in [2.75, 3.05) is 0 Å². The van der Waals surface area contributed by atoms with Gasteiger partial charge in [-0.3, -0.25) is 9.59 Å². The lowest BCUT2D eigenvalue weighted by Crippen LogP contribution is -2.34. The summed E-state index contributed by atoms with van der Waals surface area (Å²) in [7, 11) is 0. The van der Waals surface area contributed by atoms with Gasteiger partial charge < -0.3 is 11.4 Å². The van der Waals surface area contributed by atoms with Gasteiger partial charge in [-0.25, -0.2) is 0 Å². The van der Waals surface area contributed by atoms with Crippen molar-refractivity contribution in [3.05, 3.63) is 0 Å². The highest BCUT2D eigenvalue weighted by Gasteiger charge is 2.44. The van der Waals surface area contributed by atoms with Crippen LogP contribution in [-0.2, 0) is 21.0 Å². The van der Waals surface area contributed by atoms with Crippen molar-refractivity contribution in [2.24, 2.45) is 0 Å². The van der Waals surface area contributed by atoms with Crippen LogP contribution in [0.2, 0.25) is 0 Å². The SMILES string of the molecule is CC(C)[O][Al]1[O]C(=O)CCCCC(=O)[O]1. The zero-order valence-electron chi connectivity index (χ0n) is 9.02. The van der Waals surface area contributed by atoms with Crippen LogP contribution in [0.3, 0.4) is 0 Å². The number of hydrogen-bond donors (Lipinski definition) is 0. The molecule has 1 heterocycles. The van der Waals surface area contributed by atoms with Crippen molar-refractivity contribution in [1.82, 2.24) is 0 Å². The fourth-order valence-electron chi connectivity index (χ4n) is 1.17. The van der Waals surface area contributed by atoms with Crippen LogP contribution in [0.15, 0.2) is 0 Å². The van der Waals surface area contributed by atoms with E-state index in [-0.39, 0.29) is 18.0 Å². The molecule has 0 bridgehead atoms. The van der Waals surface area contributed by atoms with Crippen LogP contribution < -0.4 is 0 Å². The molecule has 1 rings (SSSR count). The van der Waals surface area contributed by atoms with Crippen molar-refractivity contribution in [3.8, 4) is 0 Å². The van der Waals surface area contributed by atoms with Crippen LogP contribution in [0.5, 0.6) is 0 Å². The Hall–Kier alpha value is -0.568. The molecule has 0 N–H and O–H groups in total. The molecule has 0 spiro atoms. The van der Waals surface area contributed by atoms with Crippen molar-refractivity contribution in [3.63, 3.8) is 0 Å². The smallest absolute Gasteiger partial charge is 0.562 e. The molecule has 0 saturated carbocycles. The third-order valence-corrected chi connectivity index (χ3v) is 3.53. The maximum Gasteiger partial charge on any atom is 1.10 e. The maximum absolute atomic E-state index is 11.2. The van der Waals surface area contributed by atoms with E-state index in [0.29, 0.717) is 25.7 Å². The van der Waals surface area contributed by atoms with Crippen molar-refractivity contribution < 1.29 is 21.0 Å². The standard InChI is InChI=1S/C6H10O4.C3H7O.Al/c7-5(8)3-1-2-4-6(9)10;1-3(2)4;/h1-4H2,(H,7,8)(H,9,10);3H,1-2H3;/q;-1;+3/p-2. The molecule has 6 heteroatoms. The average Bonchev–Trinajstić information content (AvgIpc) is 2.16. The summed E-state index contributed by atoms with van der Waals surface area (Å²) in [6.07, 6.45) is 1.89. The molecule has 84 valence electrons. The Morgan fingerprint density at radius 2 is 1.60 bits per heavy atom. The Labute approximate surface area is 94.1 Å². The van der Waals surface area contributed by atoms with Crippen LogP contribution in [0.4, 0.5) is 0 Å². The minimum Gasteiger partial charge on any atom is -0.562 e. The summed E-state index contributed by atoms with van der Waals surface area (Å²) in [6, 6.07) is 0. The Kier molecular flexibility index (Phi) is 5.09. The zero-order valence-corrected chi connectivity index (χ0v) is 10.2. The molecule has 0 aromatic carbocycles. The van der Waals surface area contributed by atoms with E-state index in [0.717, 1.165) is 0 Å². The Morgan fingerprint density at radius 1 is 1.13 bits per heavy atom. The average molecular weight is 230 g/mol. The van der Waals surface area contributed by atoms with Gasteiger partial charge in [0.25, 0.3) is 11.9 Å². The van der Waals surface area contributed by atoms with Gasteiger partial charge in [-0.05, 0) is 26.7 Å². The summed E-state index contributed by atoms with van der Waals surface area (Å²) in [4.78, 5) is 22.5. The van der Waals surface area contributed by atoms with Crippen molar-refractivity contribution >= 4 is 27.1 Å². The molecule has 0 aromatic rings. The first-order chi connectivity index (χ1) is 7.08. The van der Waals surface area contributed by atoms with E-state index in [1.54, 1.807) is 13.8 Å². The predicted molar refractivity (Wildman–Crippen MR) is 52.6 cm³/mol. The fourth-order valence-corrected chi connectivity index (χ4v) is 2.44. The lowest BCUT2D eigenvalue weighted by molar-refractivity contribution is -0.142. The van der Waals surface area contributed by atoms with Gasteiger partial charge in [-0.2, -0.15) is 0 Å². The van der Waals surface area contributed by atoms with E-state index < -0.39 is 15.1 Å². The molecular weight excluding hydrogens is 215 g/mol. The molecule has 15 heavy (non-hydrogen) atoms. The molecule has 0 aromatic heterocycles. The highest BCUT2D eigenvalue weighted by molar-refractivity contribution is 6.41. The van der Waals surface area contributed by atoms with Gasteiger partial charge in [-0.15, -0.1) is 0 Å². The minimum absolute atomic E-state index is 0.108. The lowest BCUT2D eigenvalue weighted by atomic mass is 10.2. The van der Waals surface area contributed by atoms with Crippen LogP contribution >= 0.6 is 0 Å². The number of carbonyl (C=O) groups is 2. The van der Waals surface area contributed by atoms with E-state index in [9.17, 15) is 9.59 Å². The van der Waals surface area contributed by atoms with E-state index in [4.69, 9.17) is 11.4 Å². The first-order valence-electron chi connectivity index (χ1n) is 5.12. The van der Waals surface area contributed by atoms with Gasteiger partial charge in [0.15, 0.2) is 0 Å². The summed E-state index contributed by atoms with van der Waals surface area (Å²) >= 11 is -2.60. The van der Waals surface area contributed by atoms with E-state index in [2.05, 4.69) is 0 Å². The largest absolute Gasteiger partial charge is 1.10 e. The summed E-state index contributed by atoms with van der Waals surface area (Å²) in [5.41, 5.74) is 0. The van der Waals surface area contributed by atoms with Gasteiger partial charge in [0.1, 0.15) is 0 Å². The lowest BCUT2D eigenvalue weighted by Gasteiger charge is -2.13. The first kappa shape index (κ1) is 12.5. The predicted octanol–water partition coefficient (Wildman–Crippen LogP) is 1.06. The highest BCUT2D eigenvalue weighted by atomic mass is 27.3. The monoisotopic (exact) mass is 230 g/mol. The number of carbonyl (C=O) groups excluding carboxylic acids is 2. The second kappa shape index (κ2) is 6.11. The summed E-state index contributed by atoms with van der Waals surface area (Å²) in [5.74, 6) is -0.663. The zero-order chi connectivity index (χ0) is 11.3. The molecule has 0 unspecified atom stereocenters. The molecule has 0 aliphatic carbocycles. The third-order valence-electron chi connectivity index (χ3n) is 1.85. The molecule has 1 saturated heterocycles. The van der Waals surface area contributed by atoms with Crippen LogP contribution in [0.1, 0.15) is 39.5 Å². The van der Waals surface area contributed by atoms with Crippen LogP contribution in [0.25, 0.3) is 0 Å². The Balaban J connectivity index is 2.55. The Morgan fingerprint density at radius 3 is 2.00 bits per heavy atom. The van der Waals surface area contributed by atoms with Gasteiger partial charge in [-0.1, -0.05) is 0 Å². The minimum atomic E-state index is -2.60. The van der Waals surface area contributed by atoms with Crippen LogP contribution in [-0.4, -0.2) is 33.2 Å². The summed E-state index contributed by atoms with van der Waals surface area (Å²) < 4.78 is 15.3. The van der Waals surface area contributed by atoms with Gasteiger partial charge in [0.2, 0.25) is 0 Å². The Bertz CT molecular complexity index is 221. The third kappa shape index (κ3) is 5.17. The molecule has 0 atom stereocenters. The van der Waals surface area contributed by atoms with Gasteiger partial charge in [0, 0.05) is 18.9 Å². The number of rotatable bonds is 2. The van der Waals surface area contributed by atoms with Gasteiger partial charge in [0.05, 0.1) is 0 Å². The number of hydrogen-bond acceptors (Lipinski definition) is 5. The summed E-state index contributed by atoms with van der Waals surface area (Å²) in [6.45, 7) is 3.61. The van der Waals surface area contributed by atoms with Crippen molar-refractivity contribution in [2.45, 2.75) is 45.6 Å². The molecule has 0 radical (unpaired) electrons. The molecular formula is C9H15AlO5. The van der Waals surface area contributed by atoms with Crippen molar-refractivity contribution in [1.29, 1.82) is 0 Å². The quantitative estimate of drug-likeness (QED) is 0.664. The highest BCUT2D eigenvalue weighted by Crippen LogP contribution is 2.10. The normalized spacial score (nSPS) is 19.0. The second-order valence-electron chi connectivity index (χ2n) is 3.66. The first-order valence-corrected chi connectivity index (χ1v) is 6.54. The summed E-state index contributed by atoms with van der Waals surface area (Å²) in [5, 5.41) is 0. The topological polar surface area (TPSA) is 61.8 Å². The second-order valence-corrected chi connectivity index (χ2v) is 4.98. The van der Waals surface area contributed by atoms with Crippen LogP contribution in [0, 0.1) is 0 Å². The fraction of sp³-hybridized carbons (Fsp3) is 0.778. The molecule has 1 aliphatic rings. The molecule has 5 nitrogen and oxygen atoms in total. The molecule has 1 fully saturated rings.